The van der Waals surface area contributed by atoms with E-state index in [1.54, 1.807) is 0 Å². The molecule has 2 unspecified atom stereocenters. The number of nitrogens with zero attached hydrogens (tertiary/aromatic N) is 1. The highest BCUT2D eigenvalue weighted by Gasteiger charge is 2.35. The van der Waals surface area contributed by atoms with Crippen LogP contribution in [0.2, 0.25) is 0 Å². The molecule has 1 N–H and O–H groups in total. The zero-order valence-electron chi connectivity index (χ0n) is 11.7. The van der Waals surface area contributed by atoms with Gasteiger partial charge >= 0.3 is 0 Å². The van der Waals surface area contributed by atoms with Gasteiger partial charge < -0.3 is 10.2 Å². The summed E-state index contributed by atoms with van der Waals surface area (Å²) in [6.07, 6.45) is 1.83. The molecule has 102 valence electrons. The van der Waals surface area contributed by atoms with E-state index in [1.807, 2.05) is 0 Å². The van der Waals surface area contributed by atoms with Crippen LogP contribution >= 0.6 is 0 Å². The SMILES string of the molecule is CC1CNCC(C)N1C(=O)C1Cc2ccccc2C1. The van der Waals surface area contributed by atoms with Gasteiger partial charge in [0.2, 0.25) is 5.91 Å². The molecule has 0 bridgehead atoms. The van der Waals surface area contributed by atoms with Crippen molar-refractivity contribution < 1.29 is 4.79 Å². The van der Waals surface area contributed by atoms with E-state index in [0.29, 0.717) is 18.0 Å². The van der Waals surface area contributed by atoms with E-state index in [2.05, 4.69) is 48.3 Å². The minimum atomic E-state index is 0.153. The molecule has 1 fully saturated rings. The van der Waals surface area contributed by atoms with E-state index in [9.17, 15) is 4.79 Å². The van der Waals surface area contributed by atoms with Crippen LogP contribution in [-0.2, 0) is 17.6 Å². The van der Waals surface area contributed by atoms with Crippen molar-refractivity contribution in [1.29, 1.82) is 0 Å². The van der Waals surface area contributed by atoms with Crippen LogP contribution < -0.4 is 5.32 Å². The van der Waals surface area contributed by atoms with Crippen LogP contribution in [0.1, 0.15) is 25.0 Å². The molecule has 2 atom stereocenters. The third-order valence-corrected chi connectivity index (χ3v) is 4.48. The molecule has 1 aromatic carbocycles. The molecule has 1 aliphatic heterocycles. The largest absolute Gasteiger partial charge is 0.334 e. The molecule has 1 aliphatic carbocycles. The van der Waals surface area contributed by atoms with Crippen LogP contribution in [0.25, 0.3) is 0 Å². The third kappa shape index (κ3) is 2.27. The van der Waals surface area contributed by atoms with Crippen LogP contribution in [0.4, 0.5) is 0 Å². The van der Waals surface area contributed by atoms with Crippen molar-refractivity contribution in [2.75, 3.05) is 13.1 Å². The van der Waals surface area contributed by atoms with Crippen molar-refractivity contribution in [2.45, 2.75) is 38.8 Å². The number of rotatable bonds is 1. The lowest BCUT2D eigenvalue weighted by atomic mass is 10.0. The Labute approximate surface area is 115 Å². The van der Waals surface area contributed by atoms with Crippen LogP contribution in [0.5, 0.6) is 0 Å². The van der Waals surface area contributed by atoms with Gasteiger partial charge in [-0.25, -0.2) is 0 Å². The number of fused-ring (bicyclic) bond motifs is 1. The number of amides is 1. The maximum Gasteiger partial charge on any atom is 0.226 e. The lowest BCUT2D eigenvalue weighted by Gasteiger charge is -2.40. The zero-order chi connectivity index (χ0) is 13.4. The Hall–Kier alpha value is -1.35. The zero-order valence-corrected chi connectivity index (χ0v) is 11.7. The van der Waals surface area contributed by atoms with Gasteiger partial charge in [-0.05, 0) is 37.8 Å². The highest BCUT2D eigenvalue weighted by molar-refractivity contribution is 5.81. The smallest absolute Gasteiger partial charge is 0.226 e. The minimum absolute atomic E-state index is 0.153. The molecule has 1 heterocycles. The molecule has 0 radical (unpaired) electrons. The molecule has 0 spiro atoms. The molecule has 1 saturated heterocycles. The Balaban J connectivity index is 1.75. The second kappa shape index (κ2) is 4.97. The number of carbonyl (C=O) groups excluding carboxylic acids is 1. The van der Waals surface area contributed by atoms with Crippen LogP contribution in [0, 0.1) is 5.92 Å². The van der Waals surface area contributed by atoms with Crippen molar-refractivity contribution in [1.82, 2.24) is 10.2 Å². The second-order valence-corrected chi connectivity index (χ2v) is 5.98. The topological polar surface area (TPSA) is 32.3 Å². The quantitative estimate of drug-likeness (QED) is 0.830. The third-order valence-electron chi connectivity index (χ3n) is 4.48. The molecular weight excluding hydrogens is 236 g/mol. The molecule has 1 amide bonds. The summed E-state index contributed by atoms with van der Waals surface area (Å²) >= 11 is 0. The fraction of sp³-hybridized carbons (Fsp3) is 0.562. The molecule has 0 aromatic heterocycles. The summed E-state index contributed by atoms with van der Waals surface area (Å²) in [5, 5.41) is 3.38. The molecule has 0 saturated carbocycles. The van der Waals surface area contributed by atoms with Crippen molar-refractivity contribution in [2.24, 2.45) is 5.92 Å². The lowest BCUT2D eigenvalue weighted by molar-refractivity contribution is -0.140. The van der Waals surface area contributed by atoms with Crippen molar-refractivity contribution >= 4 is 5.91 Å². The van der Waals surface area contributed by atoms with Crippen LogP contribution in [0.15, 0.2) is 24.3 Å². The number of hydrogen-bond donors (Lipinski definition) is 1. The predicted octanol–water partition coefficient (Wildman–Crippen LogP) is 1.61. The van der Waals surface area contributed by atoms with Crippen LogP contribution in [0.3, 0.4) is 0 Å². The average Bonchev–Trinajstić information content (AvgIpc) is 2.82. The molecule has 1 aromatic rings. The van der Waals surface area contributed by atoms with Gasteiger partial charge in [0.25, 0.3) is 0 Å². The van der Waals surface area contributed by atoms with Crippen LogP contribution in [-0.4, -0.2) is 36.0 Å². The van der Waals surface area contributed by atoms with Crippen molar-refractivity contribution in [3.63, 3.8) is 0 Å². The number of benzene rings is 1. The maximum atomic E-state index is 12.8. The summed E-state index contributed by atoms with van der Waals surface area (Å²) in [5.41, 5.74) is 2.72. The first-order valence-electron chi connectivity index (χ1n) is 7.26. The Morgan fingerprint density at radius 3 is 2.16 bits per heavy atom. The molecule has 3 rings (SSSR count). The van der Waals surface area contributed by atoms with Gasteiger partial charge in [0, 0.05) is 31.1 Å². The van der Waals surface area contributed by atoms with E-state index >= 15 is 0 Å². The standard InChI is InChI=1S/C16H22N2O/c1-11-9-17-10-12(2)18(11)16(19)15-7-13-5-3-4-6-14(13)8-15/h3-6,11-12,15,17H,7-10H2,1-2H3. The highest BCUT2D eigenvalue weighted by Crippen LogP contribution is 2.29. The van der Waals surface area contributed by atoms with E-state index in [-0.39, 0.29) is 5.92 Å². The van der Waals surface area contributed by atoms with Gasteiger partial charge in [-0.1, -0.05) is 24.3 Å². The Bertz CT molecular complexity index is 450. The molecule has 2 aliphatic rings. The summed E-state index contributed by atoms with van der Waals surface area (Å²) < 4.78 is 0. The van der Waals surface area contributed by atoms with Gasteiger partial charge in [-0.2, -0.15) is 0 Å². The van der Waals surface area contributed by atoms with E-state index < -0.39 is 0 Å². The summed E-state index contributed by atoms with van der Waals surface area (Å²) in [5.74, 6) is 0.498. The monoisotopic (exact) mass is 258 g/mol. The summed E-state index contributed by atoms with van der Waals surface area (Å²) in [4.78, 5) is 14.9. The first-order chi connectivity index (χ1) is 9.16. The second-order valence-electron chi connectivity index (χ2n) is 5.98. The number of carbonyl (C=O) groups is 1. The van der Waals surface area contributed by atoms with Crippen molar-refractivity contribution in [3.05, 3.63) is 35.4 Å². The summed E-state index contributed by atoms with van der Waals surface area (Å²) in [7, 11) is 0. The summed E-state index contributed by atoms with van der Waals surface area (Å²) in [6, 6.07) is 9.07. The van der Waals surface area contributed by atoms with Gasteiger partial charge in [-0.3, -0.25) is 4.79 Å². The maximum absolute atomic E-state index is 12.8. The predicted molar refractivity (Wildman–Crippen MR) is 76.0 cm³/mol. The van der Waals surface area contributed by atoms with Gasteiger partial charge in [0.05, 0.1) is 0 Å². The number of piperazine rings is 1. The molecule has 3 nitrogen and oxygen atoms in total. The van der Waals surface area contributed by atoms with Gasteiger partial charge in [0.1, 0.15) is 0 Å². The first kappa shape index (κ1) is 12.7. The number of hydrogen-bond acceptors (Lipinski definition) is 2. The first-order valence-corrected chi connectivity index (χ1v) is 7.26. The van der Waals surface area contributed by atoms with Crippen molar-refractivity contribution in [3.8, 4) is 0 Å². The normalized spacial score (nSPS) is 27.4. The van der Waals surface area contributed by atoms with E-state index in [1.165, 1.54) is 11.1 Å². The van der Waals surface area contributed by atoms with E-state index in [0.717, 1.165) is 25.9 Å². The minimum Gasteiger partial charge on any atom is -0.334 e. The van der Waals surface area contributed by atoms with E-state index in [4.69, 9.17) is 0 Å². The average molecular weight is 258 g/mol. The lowest BCUT2D eigenvalue weighted by Crippen LogP contribution is -2.58. The summed E-state index contributed by atoms with van der Waals surface area (Å²) in [6.45, 7) is 6.11. The van der Waals surface area contributed by atoms with Gasteiger partial charge in [-0.15, -0.1) is 0 Å². The highest BCUT2D eigenvalue weighted by atomic mass is 16.2. The fourth-order valence-corrected chi connectivity index (χ4v) is 3.51. The molecule has 19 heavy (non-hydrogen) atoms. The Morgan fingerprint density at radius 1 is 1.11 bits per heavy atom. The Kier molecular flexibility index (Phi) is 3.31. The fourth-order valence-electron chi connectivity index (χ4n) is 3.51. The molecular formula is C16H22N2O. The Morgan fingerprint density at radius 2 is 1.63 bits per heavy atom. The number of nitrogens with one attached hydrogen (secondary N) is 1. The molecule has 3 heteroatoms. The van der Waals surface area contributed by atoms with Gasteiger partial charge in [0.15, 0.2) is 0 Å².